The molecule has 2 heterocycles. The zero-order valence-corrected chi connectivity index (χ0v) is 16.3. The summed E-state index contributed by atoms with van der Waals surface area (Å²) >= 11 is 3.52. The van der Waals surface area contributed by atoms with Crippen molar-refractivity contribution in [1.82, 2.24) is 15.3 Å². The van der Waals surface area contributed by atoms with Crippen LogP contribution in [-0.4, -0.2) is 35.8 Å². The van der Waals surface area contributed by atoms with Crippen molar-refractivity contribution >= 4 is 49.7 Å². The van der Waals surface area contributed by atoms with Crippen molar-refractivity contribution in [2.45, 2.75) is 6.92 Å². The zero-order chi connectivity index (χ0) is 18.5. The summed E-state index contributed by atoms with van der Waals surface area (Å²) in [7, 11) is 1.92. The number of aromatic nitrogens is 2. The fraction of sp³-hybridized carbons (Fsp3) is 0.211. The fourth-order valence-electron chi connectivity index (χ4n) is 2.62. The summed E-state index contributed by atoms with van der Waals surface area (Å²) in [6.07, 6.45) is 3.52. The number of nitrogens with zero attached hydrogens (tertiary/aromatic N) is 2. The molecular formula is C19H21BrN6. The summed E-state index contributed by atoms with van der Waals surface area (Å²) in [4.78, 5) is 8.91. The Morgan fingerprint density at radius 1 is 1.12 bits per heavy atom. The molecule has 0 aliphatic rings. The minimum Gasteiger partial charge on any atom is -0.369 e. The molecule has 0 bridgehead atoms. The maximum atomic E-state index is 8.08. The Kier molecular flexibility index (Phi) is 5.80. The number of likely N-dealkylation sites (N-methyl/N-ethyl adjacent to an activating group) is 1. The van der Waals surface area contributed by atoms with Crippen molar-refractivity contribution in [2.24, 2.45) is 0 Å². The number of halogens is 1. The molecule has 7 heteroatoms. The van der Waals surface area contributed by atoms with E-state index in [1.165, 1.54) is 0 Å². The number of hydrogen-bond donors (Lipinski definition) is 4. The Morgan fingerprint density at radius 3 is 2.65 bits per heavy atom. The van der Waals surface area contributed by atoms with Gasteiger partial charge in [-0.25, -0.2) is 4.98 Å². The van der Waals surface area contributed by atoms with Crippen LogP contribution >= 0.6 is 15.9 Å². The molecule has 0 spiro atoms. The highest BCUT2D eigenvalue weighted by Gasteiger charge is 2.12. The summed E-state index contributed by atoms with van der Waals surface area (Å²) in [5, 5.41) is 18.8. The number of pyridine rings is 2. The highest BCUT2D eigenvalue weighted by molar-refractivity contribution is 9.10. The summed E-state index contributed by atoms with van der Waals surface area (Å²) in [5.41, 5.74) is 3.83. The molecule has 0 saturated heterocycles. The standard InChI is InChI=1S/C19H21BrN6/c1-12(21)16-11-24-17-5-3-13(20)9-15(17)19(16)26-14-4-6-18(25-10-14)23-8-7-22-2/h3-6,9-11,21-22H,7-8H2,1-2H3,(H,23,25)(H,24,26). The lowest BCUT2D eigenvalue weighted by Crippen LogP contribution is -2.18. The molecule has 0 amide bonds. The molecule has 0 aliphatic carbocycles. The monoisotopic (exact) mass is 412 g/mol. The van der Waals surface area contributed by atoms with Crippen molar-refractivity contribution in [3.05, 3.63) is 52.8 Å². The first-order valence-corrected chi connectivity index (χ1v) is 9.13. The van der Waals surface area contributed by atoms with Crippen LogP contribution in [0.4, 0.5) is 17.2 Å². The smallest absolute Gasteiger partial charge is 0.126 e. The van der Waals surface area contributed by atoms with E-state index in [-0.39, 0.29) is 0 Å². The molecule has 4 N–H and O–H groups in total. The highest BCUT2D eigenvalue weighted by atomic mass is 79.9. The first kappa shape index (κ1) is 18.3. The lowest BCUT2D eigenvalue weighted by molar-refractivity contribution is 0.821. The molecule has 0 unspecified atom stereocenters. The van der Waals surface area contributed by atoms with Gasteiger partial charge in [0.1, 0.15) is 5.82 Å². The first-order chi connectivity index (χ1) is 12.6. The largest absolute Gasteiger partial charge is 0.369 e. The average Bonchev–Trinajstić information content (AvgIpc) is 2.63. The van der Waals surface area contributed by atoms with Gasteiger partial charge < -0.3 is 21.4 Å². The number of rotatable bonds is 7. The van der Waals surface area contributed by atoms with Crippen LogP contribution in [0.25, 0.3) is 10.9 Å². The van der Waals surface area contributed by atoms with E-state index in [4.69, 9.17) is 5.41 Å². The third-order valence-corrected chi connectivity index (χ3v) is 4.44. The molecule has 0 saturated carbocycles. The molecule has 1 aromatic carbocycles. The second-order valence-corrected chi connectivity index (χ2v) is 6.84. The SMILES string of the molecule is CNCCNc1ccc(Nc2c(C(C)=N)cnc3ccc(Br)cc23)cn1. The number of hydrogen-bond acceptors (Lipinski definition) is 6. The van der Waals surface area contributed by atoms with Gasteiger partial charge in [0.2, 0.25) is 0 Å². The van der Waals surface area contributed by atoms with Crippen molar-refractivity contribution in [3.8, 4) is 0 Å². The second-order valence-electron chi connectivity index (χ2n) is 5.92. The number of benzene rings is 1. The van der Waals surface area contributed by atoms with Gasteiger partial charge in [0, 0.05) is 40.4 Å². The van der Waals surface area contributed by atoms with Crippen LogP contribution in [0.15, 0.2) is 47.2 Å². The summed E-state index contributed by atoms with van der Waals surface area (Å²) in [6, 6.07) is 9.85. The Balaban J connectivity index is 1.93. The third kappa shape index (κ3) is 4.17. The molecule has 0 atom stereocenters. The number of anilines is 3. The van der Waals surface area contributed by atoms with Crippen molar-refractivity contribution in [1.29, 1.82) is 5.41 Å². The predicted molar refractivity (Wildman–Crippen MR) is 112 cm³/mol. The molecule has 0 fully saturated rings. The molecule has 3 aromatic rings. The van der Waals surface area contributed by atoms with Crippen LogP contribution < -0.4 is 16.0 Å². The summed E-state index contributed by atoms with van der Waals surface area (Å²) in [6.45, 7) is 3.46. The summed E-state index contributed by atoms with van der Waals surface area (Å²) in [5.74, 6) is 0.830. The lowest BCUT2D eigenvalue weighted by Gasteiger charge is -2.15. The van der Waals surface area contributed by atoms with Gasteiger partial charge in [0.05, 0.1) is 23.1 Å². The Bertz CT molecular complexity index is 923. The minimum absolute atomic E-state index is 0.459. The molecule has 134 valence electrons. The quantitative estimate of drug-likeness (QED) is 0.345. The minimum atomic E-state index is 0.459. The lowest BCUT2D eigenvalue weighted by atomic mass is 10.1. The van der Waals surface area contributed by atoms with Crippen LogP contribution in [0, 0.1) is 5.41 Å². The molecule has 6 nitrogen and oxygen atoms in total. The Labute approximate surface area is 161 Å². The second kappa shape index (κ2) is 8.25. The Hall–Kier alpha value is -2.51. The van der Waals surface area contributed by atoms with Crippen molar-refractivity contribution in [3.63, 3.8) is 0 Å². The van der Waals surface area contributed by atoms with Gasteiger partial charge in [-0.3, -0.25) is 4.98 Å². The van der Waals surface area contributed by atoms with E-state index in [0.29, 0.717) is 5.71 Å². The fourth-order valence-corrected chi connectivity index (χ4v) is 2.98. The van der Waals surface area contributed by atoms with Gasteiger partial charge >= 0.3 is 0 Å². The van der Waals surface area contributed by atoms with Gasteiger partial charge in [-0.15, -0.1) is 0 Å². The van der Waals surface area contributed by atoms with E-state index < -0.39 is 0 Å². The van der Waals surface area contributed by atoms with E-state index in [9.17, 15) is 0 Å². The zero-order valence-electron chi connectivity index (χ0n) is 14.7. The predicted octanol–water partition coefficient (Wildman–Crippen LogP) is 4.15. The van der Waals surface area contributed by atoms with Gasteiger partial charge in [-0.1, -0.05) is 15.9 Å². The molecule has 2 aromatic heterocycles. The molecule has 26 heavy (non-hydrogen) atoms. The van der Waals surface area contributed by atoms with Crippen LogP contribution in [0.2, 0.25) is 0 Å². The van der Waals surface area contributed by atoms with E-state index in [0.717, 1.165) is 51.2 Å². The van der Waals surface area contributed by atoms with Gasteiger partial charge in [0.25, 0.3) is 0 Å². The van der Waals surface area contributed by atoms with Gasteiger partial charge in [0.15, 0.2) is 0 Å². The third-order valence-electron chi connectivity index (χ3n) is 3.95. The maximum Gasteiger partial charge on any atom is 0.126 e. The Morgan fingerprint density at radius 2 is 1.96 bits per heavy atom. The van der Waals surface area contributed by atoms with E-state index in [1.807, 2.05) is 37.4 Å². The topological polar surface area (TPSA) is 85.7 Å². The van der Waals surface area contributed by atoms with Crippen LogP contribution in [-0.2, 0) is 0 Å². The molecular weight excluding hydrogens is 392 g/mol. The molecule has 3 rings (SSSR count). The van der Waals surface area contributed by atoms with Crippen LogP contribution in [0.5, 0.6) is 0 Å². The van der Waals surface area contributed by atoms with Crippen LogP contribution in [0.1, 0.15) is 12.5 Å². The number of fused-ring (bicyclic) bond motifs is 1. The highest BCUT2D eigenvalue weighted by Crippen LogP contribution is 2.31. The van der Waals surface area contributed by atoms with E-state index in [1.54, 1.807) is 19.3 Å². The van der Waals surface area contributed by atoms with Gasteiger partial charge in [-0.2, -0.15) is 0 Å². The van der Waals surface area contributed by atoms with Crippen molar-refractivity contribution in [2.75, 3.05) is 30.8 Å². The molecule has 0 radical (unpaired) electrons. The van der Waals surface area contributed by atoms with Crippen LogP contribution in [0.3, 0.4) is 0 Å². The van der Waals surface area contributed by atoms with E-state index >= 15 is 0 Å². The molecule has 0 aliphatic heterocycles. The van der Waals surface area contributed by atoms with Gasteiger partial charge in [-0.05, 0) is 44.3 Å². The number of nitrogens with one attached hydrogen (secondary N) is 4. The normalized spacial score (nSPS) is 10.7. The first-order valence-electron chi connectivity index (χ1n) is 8.34. The van der Waals surface area contributed by atoms with Crippen molar-refractivity contribution < 1.29 is 0 Å². The average molecular weight is 413 g/mol. The maximum absolute atomic E-state index is 8.08. The van der Waals surface area contributed by atoms with E-state index in [2.05, 4.69) is 41.8 Å². The summed E-state index contributed by atoms with van der Waals surface area (Å²) < 4.78 is 0.969.